The van der Waals surface area contributed by atoms with Gasteiger partial charge in [0.2, 0.25) is 0 Å². The lowest BCUT2D eigenvalue weighted by Gasteiger charge is -2.32. The Morgan fingerprint density at radius 2 is 1.92 bits per heavy atom. The van der Waals surface area contributed by atoms with Crippen LogP contribution in [0.2, 0.25) is 0 Å². The lowest BCUT2D eigenvalue weighted by Crippen LogP contribution is -2.29. The SMILES string of the molecule is CCCCCC(=O)O[C@H]1CCCC[C@@H]1c1cccc(OC(C)(C)C)c1. The molecule has 2 rings (SSSR count). The van der Waals surface area contributed by atoms with Gasteiger partial charge in [0.1, 0.15) is 17.5 Å². The largest absolute Gasteiger partial charge is 0.488 e. The molecule has 0 aliphatic heterocycles. The second-order valence-electron chi connectivity index (χ2n) is 8.16. The van der Waals surface area contributed by atoms with E-state index in [0.717, 1.165) is 44.3 Å². The first-order valence-corrected chi connectivity index (χ1v) is 9.87. The highest BCUT2D eigenvalue weighted by atomic mass is 16.5. The molecule has 0 radical (unpaired) electrons. The van der Waals surface area contributed by atoms with E-state index < -0.39 is 0 Å². The lowest BCUT2D eigenvalue weighted by atomic mass is 9.81. The van der Waals surface area contributed by atoms with Gasteiger partial charge in [-0.1, -0.05) is 38.3 Å². The second kappa shape index (κ2) is 9.26. The average molecular weight is 347 g/mol. The topological polar surface area (TPSA) is 35.5 Å². The van der Waals surface area contributed by atoms with Crippen molar-refractivity contribution in [1.29, 1.82) is 0 Å². The van der Waals surface area contributed by atoms with E-state index in [1.165, 1.54) is 12.0 Å². The highest BCUT2D eigenvalue weighted by Crippen LogP contribution is 2.37. The molecule has 1 saturated carbocycles. The van der Waals surface area contributed by atoms with Crippen molar-refractivity contribution >= 4 is 5.97 Å². The monoisotopic (exact) mass is 346 g/mol. The summed E-state index contributed by atoms with van der Waals surface area (Å²) in [6.07, 6.45) is 8.08. The Morgan fingerprint density at radius 3 is 2.64 bits per heavy atom. The van der Waals surface area contributed by atoms with Crippen LogP contribution in [0.1, 0.15) is 90.5 Å². The molecule has 0 N–H and O–H groups in total. The summed E-state index contributed by atoms with van der Waals surface area (Å²) in [6, 6.07) is 8.32. The van der Waals surface area contributed by atoms with Crippen LogP contribution in [0.15, 0.2) is 24.3 Å². The number of benzene rings is 1. The van der Waals surface area contributed by atoms with Gasteiger partial charge >= 0.3 is 5.97 Å². The van der Waals surface area contributed by atoms with Crippen molar-refractivity contribution in [3.8, 4) is 5.75 Å². The zero-order chi connectivity index (χ0) is 18.3. The van der Waals surface area contributed by atoms with Crippen molar-refractivity contribution in [3.63, 3.8) is 0 Å². The molecule has 0 bridgehead atoms. The van der Waals surface area contributed by atoms with Crippen molar-refractivity contribution < 1.29 is 14.3 Å². The zero-order valence-electron chi connectivity index (χ0n) is 16.3. The minimum absolute atomic E-state index is 0.00719. The summed E-state index contributed by atoms with van der Waals surface area (Å²) in [5.41, 5.74) is 1.02. The number of ether oxygens (including phenoxy) is 2. The predicted octanol–water partition coefficient (Wildman–Crippen LogP) is 6.01. The third-order valence-corrected chi connectivity index (χ3v) is 4.68. The van der Waals surface area contributed by atoms with Gasteiger partial charge in [0.05, 0.1) is 0 Å². The summed E-state index contributed by atoms with van der Waals surface area (Å²) in [4.78, 5) is 12.2. The molecule has 1 aromatic carbocycles. The van der Waals surface area contributed by atoms with Crippen LogP contribution in [0.3, 0.4) is 0 Å². The van der Waals surface area contributed by atoms with Gasteiger partial charge < -0.3 is 9.47 Å². The van der Waals surface area contributed by atoms with E-state index in [1.54, 1.807) is 0 Å². The third-order valence-electron chi connectivity index (χ3n) is 4.68. The Hall–Kier alpha value is -1.51. The van der Waals surface area contributed by atoms with Gasteiger partial charge in [-0.05, 0) is 64.2 Å². The van der Waals surface area contributed by atoms with Gasteiger partial charge in [-0.3, -0.25) is 4.79 Å². The van der Waals surface area contributed by atoms with Crippen molar-refractivity contribution in [1.82, 2.24) is 0 Å². The van der Waals surface area contributed by atoms with E-state index in [0.29, 0.717) is 6.42 Å². The predicted molar refractivity (Wildman–Crippen MR) is 102 cm³/mol. The van der Waals surface area contributed by atoms with Gasteiger partial charge in [0.25, 0.3) is 0 Å². The summed E-state index contributed by atoms with van der Waals surface area (Å²) in [5.74, 6) is 1.14. The first kappa shape index (κ1) is 19.8. The van der Waals surface area contributed by atoms with E-state index >= 15 is 0 Å². The molecule has 3 heteroatoms. The molecule has 1 aliphatic carbocycles. The lowest BCUT2D eigenvalue weighted by molar-refractivity contribution is -0.151. The second-order valence-corrected chi connectivity index (χ2v) is 8.16. The maximum absolute atomic E-state index is 12.2. The van der Waals surface area contributed by atoms with Crippen LogP contribution in [0, 0.1) is 0 Å². The van der Waals surface area contributed by atoms with Crippen LogP contribution in [0.4, 0.5) is 0 Å². The van der Waals surface area contributed by atoms with Crippen LogP contribution >= 0.6 is 0 Å². The van der Waals surface area contributed by atoms with E-state index in [9.17, 15) is 4.79 Å². The number of carbonyl (C=O) groups excluding carboxylic acids is 1. The highest BCUT2D eigenvalue weighted by Gasteiger charge is 2.30. The highest BCUT2D eigenvalue weighted by molar-refractivity contribution is 5.69. The number of unbranched alkanes of at least 4 members (excludes halogenated alkanes) is 2. The van der Waals surface area contributed by atoms with Crippen LogP contribution in [0.25, 0.3) is 0 Å². The summed E-state index contributed by atoms with van der Waals surface area (Å²) >= 11 is 0. The Labute approximate surface area is 153 Å². The van der Waals surface area contributed by atoms with E-state index in [4.69, 9.17) is 9.47 Å². The first-order valence-electron chi connectivity index (χ1n) is 9.87. The maximum Gasteiger partial charge on any atom is 0.306 e. The molecule has 0 heterocycles. The quantitative estimate of drug-likeness (QED) is 0.448. The van der Waals surface area contributed by atoms with Crippen molar-refractivity contribution in [2.24, 2.45) is 0 Å². The molecule has 1 fully saturated rings. The van der Waals surface area contributed by atoms with Crippen molar-refractivity contribution in [2.45, 2.75) is 96.7 Å². The van der Waals surface area contributed by atoms with Gasteiger partial charge in [-0.25, -0.2) is 0 Å². The molecule has 0 saturated heterocycles. The molecular formula is C22H34O3. The third kappa shape index (κ3) is 6.72. The van der Waals surface area contributed by atoms with Gasteiger partial charge in [0.15, 0.2) is 0 Å². The molecule has 0 aromatic heterocycles. The number of carbonyl (C=O) groups is 1. The van der Waals surface area contributed by atoms with Crippen LogP contribution < -0.4 is 4.74 Å². The molecule has 3 nitrogen and oxygen atoms in total. The Morgan fingerprint density at radius 1 is 1.16 bits per heavy atom. The number of hydrogen-bond acceptors (Lipinski definition) is 3. The Kier molecular flexibility index (Phi) is 7.34. The van der Waals surface area contributed by atoms with Crippen LogP contribution in [-0.2, 0) is 9.53 Å². The molecule has 1 aromatic rings. The van der Waals surface area contributed by atoms with Gasteiger partial charge in [-0.15, -0.1) is 0 Å². The fraction of sp³-hybridized carbons (Fsp3) is 0.682. The Balaban J connectivity index is 2.04. The standard InChI is InChI=1S/C22H34O3/c1-5-6-7-15-21(23)24-20-14-9-8-13-19(20)17-11-10-12-18(16-17)25-22(2,3)4/h10-12,16,19-20H,5-9,13-15H2,1-4H3/t19-,20+/m1/s1. The molecule has 25 heavy (non-hydrogen) atoms. The summed E-state index contributed by atoms with van der Waals surface area (Å²) in [7, 11) is 0. The smallest absolute Gasteiger partial charge is 0.306 e. The molecule has 140 valence electrons. The average Bonchev–Trinajstić information content (AvgIpc) is 2.54. The van der Waals surface area contributed by atoms with Crippen LogP contribution in [0.5, 0.6) is 5.75 Å². The summed E-state index contributed by atoms with van der Waals surface area (Å²) < 4.78 is 11.9. The van der Waals surface area contributed by atoms with E-state index in [-0.39, 0.29) is 23.6 Å². The molecule has 0 unspecified atom stereocenters. The fourth-order valence-electron chi connectivity index (χ4n) is 3.53. The van der Waals surface area contributed by atoms with Gasteiger partial charge in [-0.2, -0.15) is 0 Å². The first-order chi connectivity index (χ1) is 11.9. The summed E-state index contributed by atoms with van der Waals surface area (Å²) in [5, 5.41) is 0. The minimum atomic E-state index is -0.212. The van der Waals surface area contributed by atoms with E-state index in [2.05, 4.69) is 39.8 Å². The molecule has 2 atom stereocenters. The normalized spacial score (nSPS) is 21.0. The maximum atomic E-state index is 12.2. The molecular weight excluding hydrogens is 312 g/mol. The minimum Gasteiger partial charge on any atom is -0.488 e. The van der Waals surface area contributed by atoms with Crippen molar-refractivity contribution in [3.05, 3.63) is 29.8 Å². The molecule has 0 spiro atoms. The van der Waals surface area contributed by atoms with Crippen LogP contribution in [-0.4, -0.2) is 17.7 Å². The molecule has 1 aliphatic rings. The van der Waals surface area contributed by atoms with E-state index in [1.807, 2.05) is 12.1 Å². The fourth-order valence-corrected chi connectivity index (χ4v) is 3.53. The number of hydrogen-bond donors (Lipinski definition) is 0. The number of esters is 1. The Bertz CT molecular complexity index is 544. The van der Waals surface area contributed by atoms with Gasteiger partial charge in [0, 0.05) is 12.3 Å². The summed E-state index contributed by atoms with van der Waals surface area (Å²) in [6.45, 7) is 8.32. The van der Waals surface area contributed by atoms with Crippen molar-refractivity contribution in [2.75, 3.05) is 0 Å². The zero-order valence-corrected chi connectivity index (χ0v) is 16.3. The molecule has 0 amide bonds. The number of rotatable bonds is 7.